The van der Waals surface area contributed by atoms with E-state index < -0.39 is 5.97 Å². The van der Waals surface area contributed by atoms with Crippen LogP contribution < -0.4 is 5.32 Å². The Morgan fingerprint density at radius 3 is 2.81 bits per heavy atom. The molecule has 1 aromatic heterocycles. The van der Waals surface area contributed by atoms with Gasteiger partial charge < -0.3 is 15.3 Å². The Morgan fingerprint density at radius 2 is 2.29 bits per heavy atom. The van der Waals surface area contributed by atoms with Crippen LogP contribution in [0.15, 0.2) is 17.5 Å². The zero-order valence-electron chi connectivity index (χ0n) is 12.2. The second kappa shape index (κ2) is 7.45. The van der Waals surface area contributed by atoms with E-state index in [1.807, 2.05) is 29.3 Å². The Labute approximate surface area is 129 Å². The number of carbonyl (C=O) groups excluding carboxylic acids is 1. The van der Waals surface area contributed by atoms with E-state index >= 15 is 0 Å². The fourth-order valence-corrected chi connectivity index (χ4v) is 2.97. The summed E-state index contributed by atoms with van der Waals surface area (Å²) < 4.78 is 0. The number of carbonyl (C=O) groups is 2. The number of amides is 2. The fourth-order valence-electron chi connectivity index (χ4n) is 2.26. The Morgan fingerprint density at radius 1 is 1.52 bits per heavy atom. The summed E-state index contributed by atoms with van der Waals surface area (Å²) in [6, 6.07) is 4.29. The van der Waals surface area contributed by atoms with Gasteiger partial charge in [0.05, 0.1) is 6.54 Å². The van der Waals surface area contributed by atoms with E-state index in [4.69, 9.17) is 5.11 Å². The molecule has 1 unspecified atom stereocenters. The lowest BCUT2D eigenvalue weighted by Gasteiger charge is -2.23. The highest BCUT2D eigenvalue weighted by atomic mass is 32.1. The lowest BCUT2D eigenvalue weighted by atomic mass is 10.0. The lowest BCUT2D eigenvalue weighted by molar-refractivity contribution is -0.138. The van der Waals surface area contributed by atoms with Crippen molar-refractivity contribution in [1.29, 1.82) is 0 Å². The van der Waals surface area contributed by atoms with Crippen LogP contribution in [-0.4, -0.2) is 34.6 Å². The minimum Gasteiger partial charge on any atom is -0.481 e. The molecule has 21 heavy (non-hydrogen) atoms. The number of carboxylic acid groups (broad SMARTS) is 1. The standard InChI is InChI=1S/C15H22N2O3S/c1-2-11(8-14(18)19)9-16-15(20)17(12-5-6-12)10-13-4-3-7-21-13/h3-4,7,11-12H,2,5-6,8-10H2,1H3,(H,16,20)(H,18,19). The zero-order valence-corrected chi connectivity index (χ0v) is 13.1. The van der Waals surface area contributed by atoms with Crippen LogP contribution in [0.1, 0.15) is 37.5 Å². The highest BCUT2D eigenvalue weighted by Gasteiger charge is 2.32. The first kappa shape index (κ1) is 15.8. The maximum atomic E-state index is 12.3. The van der Waals surface area contributed by atoms with Crippen LogP contribution in [0.25, 0.3) is 0 Å². The van der Waals surface area contributed by atoms with E-state index in [1.165, 1.54) is 4.88 Å². The predicted octanol–water partition coefficient (Wildman–Crippen LogP) is 2.92. The van der Waals surface area contributed by atoms with E-state index in [0.29, 0.717) is 19.1 Å². The van der Waals surface area contributed by atoms with Gasteiger partial charge in [0.2, 0.25) is 0 Å². The molecule has 0 saturated heterocycles. The highest BCUT2D eigenvalue weighted by Crippen LogP contribution is 2.29. The smallest absolute Gasteiger partial charge is 0.317 e. The maximum Gasteiger partial charge on any atom is 0.317 e. The third kappa shape index (κ3) is 5.04. The molecule has 5 nitrogen and oxygen atoms in total. The number of rotatable bonds is 8. The zero-order chi connectivity index (χ0) is 15.2. The molecule has 0 aromatic carbocycles. The highest BCUT2D eigenvalue weighted by molar-refractivity contribution is 7.09. The van der Waals surface area contributed by atoms with Gasteiger partial charge in [-0.2, -0.15) is 0 Å². The van der Waals surface area contributed by atoms with Crippen LogP contribution in [0.3, 0.4) is 0 Å². The van der Waals surface area contributed by atoms with Crippen LogP contribution in [0, 0.1) is 5.92 Å². The molecule has 2 amide bonds. The molecule has 116 valence electrons. The minimum absolute atomic E-state index is 0.00533. The number of urea groups is 1. The van der Waals surface area contributed by atoms with Gasteiger partial charge >= 0.3 is 12.0 Å². The van der Waals surface area contributed by atoms with Crippen LogP contribution in [0.4, 0.5) is 4.79 Å². The van der Waals surface area contributed by atoms with Crippen molar-refractivity contribution in [3.05, 3.63) is 22.4 Å². The van der Waals surface area contributed by atoms with Gasteiger partial charge in [0.1, 0.15) is 0 Å². The second-order valence-corrected chi connectivity index (χ2v) is 6.53. The molecule has 2 rings (SSSR count). The normalized spacial score (nSPS) is 15.5. The van der Waals surface area contributed by atoms with Crippen LogP contribution >= 0.6 is 11.3 Å². The molecule has 1 atom stereocenters. The van der Waals surface area contributed by atoms with Crippen molar-refractivity contribution < 1.29 is 14.7 Å². The summed E-state index contributed by atoms with van der Waals surface area (Å²) >= 11 is 1.65. The van der Waals surface area contributed by atoms with Crippen molar-refractivity contribution >= 4 is 23.3 Å². The van der Waals surface area contributed by atoms with Gasteiger partial charge in [-0.15, -0.1) is 11.3 Å². The molecule has 2 N–H and O–H groups in total. The van der Waals surface area contributed by atoms with Gasteiger partial charge in [0.15, 0.2) is 0 Å². The second-order valence-electron chi connectivity index (χ2n) is 5.50. The fraction of sp³-hybridized carbons (Fsp3) is 0.600. The van der Waals surface area contributed by atoms with E-state index in [9.17, 15) is 9.59 Å². The number of thiophene rings is 1. The first-order chi connectivity index (χ1) is 10.1. The summed E-state index contributed by atoms with van der Waals surface area (Å²) in [6.45, 7) is 3.02. The summed E-state index contributed by atoms with van der Waals surface area (Å²) in [5, 5.41) is 13.8. The van der Waals surface area contributed by atoms with Crippen molar-refractivity contribution in [1.82, 2.24) is 10.2 Å². The molecule has 0 bridgehead atoms. The third-order valence-corrected chi connectivity index (χ3v) is 4.60. The molecule has 1 aliphatic carbocycles. The molecule has 0 spiro atoms. The SMILES string of the molecule is CCC(CNC(=O)N(Cc1cccs1)C1CC1)CC(=O)O. The summed E-state index contributed by atoms with van der Waals surface area (Å²) in [5.41, 5.74) is 0. The van der Waals surface area contributed by atoms with Gasteiger partial charge in [-0.05, 0) is 30.2 Å². The molecule has 1 fully saturated rings. The predicted molar refractivity (Wildman–Crippen MR) is 82.3 cm³/mol. The Hall–Kier alpha value is -1.56. The van der Waals surface area contributed by atoms with Gasteiger partial charge in [-0.25, -0.2) is 4.79 Å². The molecular weight excluding hydrogens is 288 g/mol. The maximum absolute atomic E-state index is 12.3. The first-order valence-electron chi connectivity index (χ1n) is 7.38. The largest absolute Gasteiger partial charge is 0.481 e. The molecule has 1 saturated carbocycles. The van der Waals surface area contributed by atoms with Gasteiger partial charge in [0.25, 0.3) is 0 Å². The number of hydrogen-bond acceptors (Lipinski definition) is 3. The lowest BCUT2D eigenvalue weighted by Crippen LogP contribution is -2.42. The first-order valence-corrected chi connectivity index (χ1v) is 8.26. The Balaban J connectivity index is 1.85. The number of hydrogen-bond donors (Lipinski definition) is 2. The van der Waals surface area contributed by atoms with E-state index in [-0.39, 0.29) is 18.4 Å². The Bertz CT molecular complexity index is 471. The topological polar surface area (TPSA) is 69.6 Å². The van der Waals surface area contributed by atoms with E-state index in [2.05, 4.69) is 5.32 Å². The molecular formula is C15H22N2O3S. The van der Waals surface area contributed by atoms with Crippen molar-refractivity contribution in [3.63, 3.8) is 0 Å². The third-order valence-electron chi connectivity index (χ3n) is 3.74. The summed E-state index contributed by atoms with van der Waals surface area (Å²) in [6.07, 6.45) is 2.97. The summed E-state index contributed by atoms with van der Waals surface area (Å²) in [4.78, 5) is 26.1. The molecule has 0 radical (unpaired) electrons. The monoisotopic (exact) mass is 310 g/mol. The molecule has 6 heteroatoms. The molecule has 1 heterocycles. The van der Waals surface area contributed by atoms with Gasteiger partial charge in [-0.1, -0.05) is 19.4 Å². The van der Waals surface area contributed by atoms with Gasteiger partial charge in [-0.3, -0.25) is 4.79 Å². The van der Waals surface area contributed by atoms with Crippen LogP contribution in [0.5, 0.6) is 0 Å². The minimum atomic E-state index is -0.811. The van der Waals surface area contributed by atoms with Crippen molar-refractivity contribution in [2.45, 2.75) is 45.2 Å². The van der Waals surface area contributed by atoms with Crippen molar-refractivity contribution in [3.8, 4) is 0 Å². The molecule has 1 aromatic rings. The van der Waals surface area contributed by atoms with Crippen molar-refractivity contribution in [2.24, 2.45) is 5.92 Å². The number of carboxylic acids is 1. The quantitative estimate of drug-likeness (QED) is 0.775. The molecule has 0 aliphatic heterocycles. The summed E-state index contributed by atoms with van der Waals surface area (Å²) in [7, 11) is 0. The van der Waals surface area contributed by atoms with Gasteiger partial charge in [0, 0.05) is 23.9 Å². The number of nitrogens with one attached hydrogen (secondary N) is 1. The van der Waals surface area contributed by atoms with Crippen molar-refractivity contribution in [2.75, 3.05) is 6.54 Å². The average Bonchev–Trinajstić information content (AvgIpc) is 3.16. The van der Waals surface area contributed by atoms with E-state index in [0.717, 1.165) is 19.3 Å². The van der Waals surface area contributed by atoms with E-state index in [1.54, 1.807) is 11.3 Å². The van der Waals surface area contributed by atoms with Crippen LogP contribution in [-0.2, 0) is 11.3 Å². The average molecular weight is 310 g/mol. The molecule has 1 aliphatic rings. The number of nitrogens with zero attached hydrogens (tertiary/aromatic N) is 1. The summed E-state index contributed by atoms with van der Waals surface area (Å²) in [5.74, 6) is -0.817. The number of aliphatic carboxylic acids is 1. The Kier molecular flexibility index (Phi) is 5.61. The van der Waals surface area contributed by atoms with Crippen LogP contribution in [0.2, 0.25) is 0 Å².